The molecule has 4 heteroatoms. The molecule has 1 heterocycles. The highest BCUT2D eigenvalue weighted by Gasteiger charge is 2.22. The van der Waals surface area contributed by atoms with Gasteiger partial charge in [0, 0.05) is 6.42 Å². The van der Waals surface area contributed by atoms with Crippen LogP contribution in [0.15, 0.2) is 42.5 Å². The molecule has 1 atom stereocenters. The Hall–Kier alpha value is -2.20. The highest BCUT2D eigenvalue weighted by Crippen LogP contribution is 2.33. The average molecular weight is 314 g/mol. The lowest BCUT2D eigenvalue weighted by atomic mass is 9.90. The Kier molecular flexibility index (Phi) is 4.44. The van der Waals surface area contributed by atoms with Crippen molar-refractivity contribution in [3.63, 3.8) is 0 Å². The number of rotatable bonds is 6. The van der Waals surface area contributed by atoms with Crippen LogP contribution in [0.25, 0.3) is 0 Å². The second-order valence-electron chi connectivity index (χ2n) is 6.21. The van der Waals surface area contributed by atoms with Crippen molar-refractivity contribution in [2.45, 2.75) is 31.8 Å². The van der Waals surface area contributed by atoms with E-state index < -0.39 is 5.60 Å². The third-order valence-corrected chi connectivity index (χ3v) is 4.11. The van der Waals surface area contributed by atoms with Gasteiger partial charge in [0.05, 0.1) is 12.7 Å². The molecule has 0 radical (unpaired) electrons. The van der Waals surface area contributed by atoms with E-state index in [9.17, 15) is 5.11 Å². The molecule has 2 aromatic rings. The van der Waals surface area contributed by atoms with Crippen molar-refractivity contribution in [2.24, 2.45) is 0 Å². The summed E-state index contributed by atoms with van der Waals surface area (Å²) in [5.74, 6) is 2.39. The number of aryl methyl sites for hydroxylation is 1. The maximum Gasteiger partial charge on any atom is 0.231 e. The van der Waals surface area contributed by atoms with Gasteiger partial charge in [0.15, 0.2) is 11.5 Å². The molecule has 0 amide bonds. The summed E-state index contributed by atoms with van der Waals surface area (Å²) in [7, 11) is 1.65. The third kappa shape index (κ3) is 3.96. The Bertz CT molecular complexity index is 679. The zero-order chi connectivity index (χ0) is 16.3. The van der Waals surface area contributed by atoms with E-state index in [1.165, 1.54) is 0 Å². The van der Waals surface area contributed by atoms with Gasteiger partial charge in [0.25, 0.3) is 0 Å². The normalized spacial score (nSPS) is 15.3. The van der Waals surface area contributed by atoms with Gasteiger partial charge in [-0.3, -0.25) is 0 Å². The number of benzene rings is 2. The fraction of sp³-hybridized carbons (Fsp3) is 0.368. The van der Waals surface area contributed by atoms with Crippen LogP contribution >= 0.6 is 0 Å². The zero-order valence-corrected chi connectivity index (χ0v) is 13.5. The van der Waals surface area contributed by atoms with Crippen LogP contribution in [0.4, 0.5) is 0 Å². The van der Waals surface area contributed by atoms with Crippen molar-refractivity contribution >= 4 is 0 Å². The van der Waals surface area contributed by atoms with E-state index in [4.69, 9.17) is 14.2 Å². The summed E-state index contributed by atoms with van der Waals surface area (Å²) in [4.78, 5) is 0. The summed E-state index contributed by atoms with van der Waals surface area (Å²) in [6.07, 6.45) is 2.05. The smallest absolute Gasteiger partial charge is 0.231 e. The van der Waals surface area contributed by atoms with Gasteiger partial charge in [-0.1, -0.05) is 18.2 Å². The molecule has 0 saturated carbocycles. The number of hydrogen-bond acceptors (Lipinski definition) is 4. The van der Waals surface area contributed by atoms with Gasteiger partial charge in [-0.15, -0.1) is 0 Å². The van der Waals surface area contributed by atoms with Crippen LogP contribution in [0.5, 0.6) is 17.2 Å². The second kappa shape index (κ2) is 6.50. The summed E-state index contributed by atoms with van der Waals surface area (Å²) < 4.78 is 15.9. The van der Waals surface area contributed by atoms with Crippen molar-refractivity contribution < 1.29 is 19.3 Å². The van der Waals surface area contributed by atoms with Gasteiger partial charge >= 0.3 is 0 Å². The lowest BCUT2D eigenvalue weighted by Gasteiger charge is -2.23. The molecule has 1 N–H and O–H groups in total. The van der Waals surface area contributed by atoms with Crippen LogP contribution in [0, 0.1) is 0 Å². The number of fused-ring (bicyclic) bond motifs is 1. The first-order valence-corrected chi connectivity index (χ1v) is 7.80. The molecule has 3 rings (SSSR count). The molecule has 1 aliphatic heterocycles. The first-order chi connectivity index (χ1) is 11.1. The van der Waals surface area contributed by atoms with E-state index in [-0.39, 0.29) is 6.79 Å². The summed E-state index contributed by atoms with van der Waals surface area (Å²) >= 11 is 0. The Labute approximate surface area is 136 Å². The van der Waals surface area contributed by atoms with Gasteiger partial charge in [-0.05, 0) is 55.2 Å². The fourth-order valence-electron chi connectivity index (χ4n) is 2.82. The van der Waals surface area contributed by atoms with Crippen molar-refractivity contribution in [1.29, 1.82) is 0 Å². The van der Waals surface area contributed by atoms with Crippen LogP contribution in [-0.4, -0.2) is 24.6 Å². The summed E-state index contributed by atoms with van der Waals surface area (Å²) in [6, 6.07) is 13.8. The molecule has 0 fully saturated rings. The van der Waals surface area contributed by atoms with Crippen LogP contribution in [0.1, 0.15) is 24.5 Å². The molecule has 4 nitrogen and oxygen atoms in total. The highest BCUT2D eigenvalue weighted by molar-refractivity contribution is 5.44. The molecular weight excluding hydrogens is 292 g/mol. The minimum Gasteiger partial charge on any atom is -0.497 e. The standard InChI is InChI=1S/C19H22O4/c1-19(20,12-15-4-3-5-16(10-15)21-2)9-8-14-6-7-17-18(11-14)23-13-22-17/h3-7,10-11,20H,8-9,12-13H2,1-2H3. The van der Waals surface area contributed by atoms with E-state index in [2.05, 4.69) is 0 Å². The molecule has 0 spiro atoms. The molecule has 1 aliphatic rings. The van der Waals surface area contributed by atoms with Crippen LogP contribution < -0.4 is 14.2 Å². The number of aliphatic hydroxyl groups is 1. The van der Waals surface area contributed by atoms with Crippen molar-refractivity contribution in [1.82, 2.24) is 0 Å². The highest BCUT2D eigenvalue weighted by atomic mass is 16.7. The average Bonchev–Trinajstić information content (AvgIpc) is 3.00. The summed E-state index contributed by atoms with van der Waals surface area (Å²) in [5.41, 5.74) is 1.43. The topological polar surface area (TPSA) is 47.9 Å². The Balaban J connectivity index is 1.61. The van der Waals surface area contributed by atoms with E-state index in [0.717, 1.165) is 34.8 Å². The molecule has 0 aromatic heterocycles. The minimum absolute atomic E-state index is 0.284. The monoisotopic (exact) mass is 314 g/mol. The molecule has 2 aromatic carbocycles. The van der Waals surface area contributed by atoms with Crippen LogP contribution in [0.2, 0.25) is 0 Å². The van der Waals surface area contributed by atoms with Crippen LogP contribution in [0.3, 0.4) is 0 Å². The fourth-order valence-corrected chi connectivity index (χ4v) is 2.82. The second-order valence-corrected chi connectivity index (χ2v) is 6.21. The van der Waals surface area contributed by atoms with Gasteiger partial charge in [0.1, 0.15) is 5.75 Å². The minimum atomic E-state index is -0.775. The Morgan fingerprint density at radius 3 is 2.74 bits per heavy atom. The van der Waals surface area contributed by atoms with E-state index >= 15 is 0 Å². The molecule has 23 heavy (non-hydrogen) atoms. The molecule has 1 unspecified atom stereocenters. The zero-order valence-electron chi connectivity index (χ0n) is 13.5. The molecule has 122 valence electrons. The maximum absolute atomic E-state index is 10.7. The predicted molar refractivity (Wildman–Crippen MR) is 88.2 cm³/mol. The molecule has 0 saturated heterocycles. The van der Waals surface area contributed by atoms with Gasteiger partial charge in [0.2, 0.25) is 6.79 Å². The lowest BCUT2D eigenvalue weighted by Crippen LogP contribution is -2.27. The Morgan fingerprint density at radius 2 is 1.91 bits per heavy atom. The quantitative estimate of drug-likeness (QED) is 0.888. The summed E-state index contributed by atoms with van der Waals surface area (Å²) in [5, 5.41) is 10.7. The van der Waals surface area contributed by atoms with E-state index in [1.807, 2.05) is 49.4 Å². The van der Waals surface area contributed by atoms with Gasteiger partial charge in [-0.2, -0.15) is 0 Å². The van der Waals surface area contributed by atoms with E-state index in [0.29, 0.717) is 12.8 Å². The van der Waals surface area contributed by atoms with Crippen molar-refractivity contribution in [2.75, 3.05) is 13.9 Å². The largest absolute Gasteiger partial charge is 0.497 e. The number of hydrogen-bond donors (Lipinski definition) is 1. The first kappa shape index (κ1) is 15.7. The molecule has 0 bridgehead atoms. The third-order valence-electron chi connectivity index (χ3n) is 4.11. The summed E-state index contributed by atoms with van der Waals surface area (Å²) in [6.45, 7) is 2.16. The number of methoxy groups -OCH3 is 1. The van der Waals surface area contributed by atoms with E-state index in [1.54, 1.807) is 7.11 Å². The van der Waals surface area contributed by atoms with Crippen molar-refractivity contribution in [3.05, 3.63) is 53.6 Å². The SMILES string of the molecule is COc1cccc(CC(C)(O)CCc2ccc3c(c2)OCO3)c1. The number of ether oxygens (including phenoxy) is 3. The lowest BCUT2D eigenvalue weighted by molar-refractivity contribution is 0.0515. The van der Waals surface area contributed by atoms with Crippen LogP contribution in [-0.2, 0) is 12.8 Å². The first-order valence-electron chi connectivity index (χ1n) is 7.80. The van der Waals surface area contributed by atoms with Gasteiger partial charge in [-0.25, -0.2) is 0 Å². The molecular formula is C19H22O4. The Morgan fingerprint density at radius 1 is 1.09 bits per heavy atom. The molecule has 0 aliphatic carbocycles. The maximum atomic E-state index is 10.7. The predicted octanol–water partition coefficient (Wildman–Crippen LogP) is 3.35. The van der Waals surface area contributed by atoms with Crippen molar-refractivity contribution in [3.8, 4) is 17.2 Å². The van der Waals surface area contributed by atoms with Gasteiger partial charge < -0.3 is 19.3 Å².